The SMILES string of the molecule is COC[C@H](N)C(=O)N(CC#Cc1ccccc1)C1CCCC1.Cl. The standard InChI is InChI=1S/C18H24N2O2.ClH/c1-22-14-17(19)18(21)20(16-11-5-6-12-16)13-7-10-15-8-3-2-4-9-15;/h2-4,8-9,16-17H,5-6,11-14,19H2,1H3;1H/t17-;/m0./s1. The van der Waals surface area contributed by atoms with Crippen LogP contribution in [-0.2, 0) is 9.53 Å². The first-order valence-electron chi connectivity index (χ1n) is 7.81. The van der Waals surface area contributed by atoms with Gasteiger partial charge >= 0.3 is 0 Å². The van der Waals surface area contributed by atoms with Crippen LogP contribution in [-0.4, -0.2) is 43.2 Å². The second-order valence-electron chi connectivity index (χ2n) is 5.63. The van der Waals surface area contributed by atoms with E-state index in [1.807, 2.05) is 35.2 Å². The van der Waals surface area contributed by atoms with Gasteiger partial charge in [0.2, 0.25) is 5.91 Å². The van der Waals surface area contributed by atoms with Gasteiger partial charge in [0.05, 0.1) is 13.2 Å². The first kappa shape index (κ1) is 19.5. The molecule has 2 rings (SSSR count). The third-order valence-corrected chi connectivity index (χ3v) is 3.97. The van der Waals surface area contributed by atoms with Crippen molar-refractivity contribution in [3.63, 3.8) is 0 Å². The summed E-state index contributed by atoms with van der Waals surface area (Å²) in [6.45, 7) is 0.671. The second kappa shape index (κ2) is 10.3. The number of nitrogens with two attached hydrogens (primary N) is 1. The summed E-state index contributed by atoms with van der Waals surface area (Å²) in [5.74, 6) is 6.16. The van der Waals surface area contributed by atoms with Crippen LogP contribution >= 0.6 is 12.4 Å². The van der Waals surface area contributed by atoms with E-state index in [9.17, 15) is 4.79 Å². The summed E-state index contributed by atoms with van der Waals surface area (Å²) in [4.78, 5) is 14.4. The first-order chi connectivity index (χ1) is 10.7. The number of amides is 1. The van der Waals surface area contributed by atoms with Crippen LogP contribution in [0, 0.1) is 11.8 Å². The fourth-order valence-electron chi connectivity index (χ4n) is 2.81. The number of hydrogen-bond donors (Lipinski definition) is 1. The van der Waals surface area contributed by atoms with Gasteiger partial charge < -0.3 is 15.4 Å². The van der Waals surface area contributed by atoms with Crippen molar-refractivity contribution in [2.75, 3.05) is 20.3 Å². The van der Waals surface area contributed by atoms with Gasteiger partial charge in [-0.25, -0.2) is 0 Å². The maximum absolute atomic E-state index is 12.5. The third kappa shape index (κ3) is 5.87. The number of rotatable bonds is 5. The topological polar surface area (TPSA) is 55.6 Å². The van der Waals surface area contributed by atoms with Crippen molar-refractivity contribution in [2.45, 2.75) is 37.8 Å². The van der Waals surface area contributed by atoms with E-state index >= 15 is 0 Å². The summed E-state index contributed by atoms with van der Waals surface area (Å²) >= 11 is 0. The Morgan fingerprint density at radius 1 is 1.35 bits per heavy atom. The summed E-state index contributed by atoms with van der Waals surface area (Å²) in [7, 11) is 1.56. The average Bonchev–Trinajstić information content (AvgIpc) is 3.06. The predicted octanol–water partition coefficient (Wildman–Crippen LogP) is 2.20. The summed E-state index contributed by atoms with van der Waals surface area (Å²) in [6, 6.07) is 9.46. The third-order valence-electron chi connectivity index (χ3n) is 3.97. The summed E-state index contributed by atoms with van der Waals surface area (Å²) in [5, 5.41) is 0. The van der Waals surface area contributed by atoms with E-state index in [1.165, 1.54) is 12.8 Å². The van der Waals surface area contributed by atoms with Gasteiger partial charge in [0, 0.05) is 18.7 Å². The van der Waals surface area contributed by atoms with Gasteiger partial charge in [-0.2, -0.15) is 0 Å². The van der Waals surface area contributed by atoms with E-state index in [0.29, 0.717) is 6.54 Å². The number of carbonyl (C=O) groups is 1. The number of methoxy groups -OCH3 is 1. The zero-order chi connectivity index (χ0) is 15.8. The van der Waals surface area contributed by atoms with Crippen molar-refractivity contribution >= 4 is 18.3 Å². The summed E-state index contributed by atoms with van der Waals surface area (Å²) in [5.41, 5.74) is 6.88. The molecule has 1 aliphatic rings. The number of hydrogen-bond acceptors (Lipinski definition) is 3. The van der Waals surface area contributed by atoms with E-state index < -0.39 is 6.04 Å². The Morgan fingerprint density at radius 2 is 2.00 bits per heavy atom. The Bertz CT molecular complexity index is 533. The molecular formula is C18H25ClN2O2. The van der Waals surface area contributed by atoms with Gasteiger partial charge in [0.1, 0.15) is 6.04 Å². The quantitative estimate of drug-likeness (QED) is 0.839. The zero-order valence-corrected chi connectivity index (χ0v) is 14.3. The van der Waals surface area contributed by atoms with Crippen molar-refractivity contribution in [3.05, 3.63) is 35.9 Å². The van der Waals surface area contributed by atoms with E-state index in [0.717, 1.165) is 18.4 Å². The Hall–Kier alpha value is -1.54. The van der Waals surface area contributed by atoms with Crippen molar-refractivity contribution in [2.24, 2.45) is 5.73 Å². The van der Waals surface area contributed by atoms with Crippen LogP contribution < -0.4 is 5.73 Å². The highest BCUT2D eigenvalue weighted by Gasteiger charge is 2.29. The molecule has 1 amide bonds. The summed E-state index contributed by atoms with van der Waals surface area (Å²) in [6.07, 6.45) is 4.41. The van der Waals surface area contributed by atoms with Crippen LogP contribution in [0.4, 0.5) is 0 Å². The Kier molecular flexibility index (Phi) is 8.71. The van der Waals surface area contributed by atoms with Crippen molar-refractivity contribution in [1.29, 1.82) is 0 Å². The fraction of sp³-hybridized carbons (Fsp3) is 0.500. The molecule has 2 N–H and O–H groups in total. The fourth-order valence-corrected chi connectivity index (χ4v) is 2.81. The molecule has 0 bridgehead atoms. The monoisotopic (exact) mass is 336 g/mol. The molecule has 0 aliphatic heterocycles. The molecular weight excluding hydrogens is 312 g/mol. The minimum Gasteiger partial charge on any atom is -0.383 e. The molecule has 1 saturated carbocycles. The lowest BCUT2D eigenvalue weighted by Crippen LogP contribution is -2.49. The molecule has 1 atom stereocenters. The molecule has 5 heteroatoms. The van der Waals surface area contributed by atoms with Crippen molar-refractivity contribution in [1.82, 2.24) is 4.90 Å². The zero-order valence-electron chi connectivity index (χ0n) is 13.5. The van der Waals surface area contributed by atoms with Gasteiger partial charge in [-0.05, 0) is 25.0 Å². The van der Waals surface area contributed by atoms with Crippen molar-refractivity contribution < 1.29 is 9.53 Å². The number of benzene rings is 1. The van der Waals surface area contributed by atoms with Crippen LogP contribution in [0.25, 0.3) is 0 Å². The van der Waals surface area contributed by atoms with Crippen LogP contribution in [0.15, 0.2) is 30.3 Å². The molecule has 126 valence electrons. The minimum absolute atomic E-state index is 0. The maximum atomic E-state index is 12.5. The Balaban J connectivity index is 0.00000264. The number of halogens is 1. The van der Waals surface area contributed by atoms with Crippen molar-refractivity contribution in [3.8, 4) is 11.8 Å². The lowest BCUT2D eigenvalue weighted by molar-refractivity contribution is -0.135. The number of nitrogens with zero attached hydrogens (tertiary/aromatic N) is 1. The second-order valence-corrected chi connectivity index (χ2v) is 5.63. The molecule has 1 aromatic rings. The molecule has 0 heterocycles. The van der Waals surface area contributed by atoms with Crippen LogP contribution in [0.1, 0.15) is 31.2 Å². The maximum Gasteiger partial charge on any atom is 0.242 e. The highest BCUT2D eigenvalue weighted by atomic mass is 35.5. The number of carbonyl (C=O) groups excluding carboxylic acids is 1. The number of ether oxygens (including phenoxy) is 1. The first-order valence-corrected chi connectivity index (χ1v) is 7.81. The van der Waals surface area contributed by atoms with Gasteiger partial charge in [-0.1, -0.05) is 42.9 Å². The van der Waals surface area contributed by atoms with Gasteiger partial charge in [-0.3, -0.25) is 4.79 Å². The highest BCUT2D eigenvalue weighted by molar-refractivity contribution is 5.85. The Labute approximate surface area is 144 Å². The average molecular weight is 337 g/mol. The van der Waals surface area contributed by atoms with E-state index in [4.69, 9.17) is 10.5 Å². The molecule has 0 aromatic heterocycles. The summed E-state index contributed by atoms with van der Waals surface area (Å²) < 4.78 is 5.00. The highest BCUT2D eigenvalue weighted by Crippen LogP contribution is 2.23. The van der Waals surface area contributed by atoms with Crippen LogP contribution in [0.2, 0.25) is 0 Å². The molecule has 4 nitrogen and oxygen atoms in total. The normalized spacial score (nSPS) is 15.2. The van der Waals surface area contributed by atoms with Gasteiger partial charge in [-0.15, -0.1) is 12.4 Å². The molecule has 1 aromatic carbocycles. The molecule has 0 unspecified atom stereocenters. The predicted molar refractivity (Wildman–Crippen MR) is 94.4 cm³/mol. The van der Waals surface area contributed by atoms with Crippen LogP contribution in [0.5, 0.6) is 0 Å². The van der Waals surface area contributed by atoms with E-state index in [-0.39, 0.29) is 31.0 Å². The lowest BCUT2D eigenvalue weighted by Gasteiger charge is -2.29. The minimum atomic E-state index is -0.607. The molecule has 0 saturated heterocycles. The lowest BCUT2D eigenvalue weighted by atomic mass is 10.1. The van der Waals surface area contributed by atoms with Crippen LogP contribution in [0.3, 0.4) is 0 Å². The van der Waals surface area contributed by atoms with E-state index in [2.05, 4.69) is 11.8 Å². The molecule has 23 heavy (non-hydrogen) atoms. The molecule has 1 fully saturated rings. The van der Waals surface area contributed by atoms with Gasteiger partial charge in [0.15, 0.2) is 0 Å². The van der Waals surface area contributed by atoms with E-state index in [1.54, 1.807) is 7.11 Å². The Morgan fingerprint density at radius 3 is 2.61 bits per heavy atom. The molecule has 1 aliphatic carbocycles. The molecule has 0 radical (unpaired) electrons. The van der Waals surface area contributed by atoms with Gasteiger partial charge in [0.25, 0.3) is 0 Å². The smallest absolute Gasteiger partial charge is 0.242 e. The largest absolute Gasteiger partial charge is 0.383 e. The molecule has 0 spiro atoms.